The summed E-state index contributed by atoms with van der Waals surface area (Å²) in [5.41, 5.74) is 6.40. The van der Waals surface area contributed by atoms with E-state index in [9.17, 15) is 5.11 Å². The lowest BCUT2D eigenvalue weighted by Crippen LogP contribution is -2.36. The molecule has 1 saturated carbocycles. The second-order valence-electron chi connectivity index (χ2n) is 5.21. The van der Waals surface area contributed by atoms with Gasteiger partial charge in [0.1, 0.15) is 12.0 Å². The third kappa shape index (κ3) is 3.47. The molecule has 2 unspecified atom stereocenters. The molecule has 1 aromatic heterocycles. The van der Waals surface area contributed by atoms with Gasteiger partial charge in [0, 0.05) is 0 Å². The largest absolute Gasteiger partial charge is 0.473 e. The Kier molecular flexibility index (Phi) is 4.42. The maximum atomic E-state index is 9.96. The first-order chi connectivity index (χ1) is 9.08. The number of aliphatic hydroxyl groups is 1. The molecule has 0 aromatic carbocycles. The molecule has 2 atom stereocenters. The Labute approximate surface area is 113 Å². The zero-order chi connectivity index (χ0) is 13.8. The first kappa shape index (κ1) is 13.9. The van der Waals surface area contributed by atoms with E-state index in [1.165, 1.54) is 6.33 Å². The van der Waals surface area contributed by atoms with Crippen molar-refractivity contribution in [3.63, 3.8) is 0 Å². The summed E-state index contributed by atoms with van der Waals surface area (Å²) < 4.78 is 5.52. The van der Waals surface area contributed by atoms with Crippen LogP contribution in [0.1, 0.15) is 39.5 Å². The Morgan fingerprint density at radius 3 is 2.79 bits per heavy atom. The molecule has 0 amide bonds. The number of rotatable bonds is 4. The molecule has 1 aliphatic rings. The minimum atomic E-state index is -0.349. The van der Waals surface area contributed by atoms with Crippen molar-refractivity contribution >= 4 is 11.5 Å². The van der Waals surface area contributed by atoms with Crippen LogP contribution in [0.5, 0.6) is 5.88 Å². The van der Waals surface area contributed by atoms with Gasteiger partial charge in [0.05, 0.1) is 18.2 Å². The van der Waals surface area contributed by atoms with Gasteiger partial charge in [0.2, 0.25) is 5.88 Å². The summed E-state index contributed by atoms with van der Waals surface area (Å²) in [6.07, 6.45) is 4.99. The van der Waals surface area contributed by atoms with Crippen molar-refractivity contribution in [2.24, 2.45) is 0 Å². The fourth-order valence-corrected chi connectivity index (χ4v) is 2.27. The minimum absolute atomic E-state index is 0.00199. The Morgan fingerprint density at radius 1 is 1.37 bits per heavy atom. The van der Waals surface area contributed by atoms with E-state index in [2.05, 4.69) is 15.3 Å². The summed E-state index contributed by atoms with van der Waals surface area (Å²) in [5, 5.41) is 13.2. The van der Waals surface area contributed by atoms with Crippen molar-refractivity contribution in [1.29, 1.82) is 0 Å². The fourth-order valence-electron chi connectivity index (χ4n) is 2.27. The van der Waals surface area contributed by atoms with Crippen molar-refractivity contribution in [2.45, 2.75) is 57.8 Å². The van der Waals surface area contributed by atoms with E-state index in [0.717, 1.165) is 25.7 Å². The Balaban J connectivity index is 2.11. The maximum absolute atomic E-state index is 9.96. The molecule has 0 saturated heterocycles. The molecule has 106 valence electrons. The second-order valence-corrected chi connectivity index (χ2v) is 5.21. The van der Waals surface area contributed by atoms with Crippen LogP contribution >= 0.6 is 0 Å². The van der Waals surface area contributed by atoms with Crippen molar-refractivity contribution in [2.75, 3.05) is 11.1 Å². The lowest BCUT2D eigenvalue weighted by atomic mass is 9.92. The predicted molar refractivity (Wildman–Crippen MR) is 74.1 cm³/mol. The average molecular weight is 266 g/mol. The van der Waals surface area contributed by atoms with E-state index in [-0.39, 0.29) is 18.2 Å². The molecule has 0 bridgehead atoms. The van der Waals surface area contributed by atoms with Gasteiger partial charge in [0.15, 0.2) is 5.82 Å². The molecule has 1 heterocycles. The Hall–Kier alpha value is -1.56. The summed E-state index contributed by atoms with van der Waals surface area (Å²) in [5.74, 6) is 0.925. The molecule has 0 aliphatic heterocycles. The topological polar surface area (TPSA) is 93.3 Å². The van der Waals surface area contributed by atoms with E-state index in [1.54, 1.807) is 0 Å². The first-order valence-electron chi connectivity index (χ1n) is 6.79. The molecule has 19 heavy (non-hydrogen) atoms. The number of hydrogen-bond donors (Lipinski definition) is 3. The molecule has 1 aromatic rings. The Bertz CT molecular complexity index is 425. The molecule has 6 nitrogen and oxygen atoms in total. The van der Waals surface area contributed by atoms with Gasteiger partial charge in [-0.3, -0.25) is 0 Å². The summed E-state index contributed by atoms with van der Waals surface area (Å²) >= 11 is 0. The van der Waals surface area contributed by atoms with Gasteiger partial charge in [-0.25, -0.2) is 4.98 Å². The maximum Gasteiger partial charge on any atom is 0.242 e. The van der Waals surface area contributed by atoms with Crippen LogP contribution in [0.25, 0.3) is 0 Å². The van der Waals surface area contributed by atoms with Crippen LogP contribution in [-0.2, 0) is 0 Å². The molecule has 2 rings (SSSR count). The highest BCUT2D eigenvalue weighted by molar-refractivity contribution is 5.66. The fraction of sp³-hybridized carbons (Fsp3) is 0.692. The molecule has 6 heteroatoms. The van der Waals surface area contributed by atoms with E-state index in [1.807, 2.05) is 13.8 Å². The van der Waals surface area contributed by atoms with Crippen LogP contribution < -0.4 is 15.8 Å². The number of ether oxygens (including phenoxy) is 1. The zero-order valence-corrected chi connectivity index (χ0v) is 11.5. The van der Waals surface area contributed by atoms with Crippen molar-refractivity contribution < 1.29 is 9.84 Å². The molecule has 0 radical (unpaired) electrons. The van der Waals surface area contributed by atoms with Crippen molar-refractivity contribution in [3.8, 4) is 5.88 Å². The zero-order valence-electron chi connectivity index (χ0n) is 11.5. The molecular weight excluding hydrogens is 244 g/mol. The summed E-state index contributed by atoms with van der Waals surface area (Å²) in [6.45, 7) is 3.83. The third-order valence-electron chi connectivity index (χ3n) is 3.25. The standard InChI is InChI=1S/C13H22N4O2/c1-8(2)19-13-11(14)12(15-7-16-13)17-9-5-3-4-6-10(9)18/h7-10,18H,3-6,14H2,1-2H3,(H,15,16,17). The Morgan fingerprint density at radius 2 is 2.11 bits per heavy atom. The SMILES string of the molecule is CC(C)Oc1ncnc(NC2CCCCC2O)c1N. The van der Waals surface area contributed by atoms with Crippen LogP contribution in [0, 0.1) is 0 Å². The van der Waals surface area contributed by atoms with Gasteiger partial charge < -0.3 is 20.9 Å². The van der Waals surface area contributed by atoms with Gasteiger partial charge in [-0.05, 0) is 26.7 Å². The van der Waals surface area contributed by atoms with Crippen molar-refractivity contribution in [3.05, 3.63) is 6.33 Å². The number of nitrogen functional groups attached to an aromatic ring is 1. The lowest BCUT2D eigenvalue weighted by Gasteiger charge is -2.29. The number of aromatic nitrogens is 2. The van der Waals surface area contributed by atoms with Crippen LogP contribution in [0.2, 0.25) is 0 Å². The van der Waals surface area contributed by atoms with Gasteiger partial charge >= 0.3 is 0 Å². The van der Waals surface area contributed by atoms with E-state index in [4.69, 9.17) is 10.5 Å². The highest BCUT2D eigenvalue weighted by atomic mass is 16.5. The van der Waals surface area contributed by atoms with Crippen LogP contribution in [-0.4, -0.2) is 33.3 Å². The van der Waals surface area contributed by atoms with Gasteiger partial charge in [-0.15, -0.1) is 0 Å². The van der Waals surface area contributed by atoms with Crippen LogP contribution in [0.4, 0.5) is 11.5 Å². The average Bonchev–Trinajstić information content (AvgIpc) is 2.36. The molecular formula is C13H22N4O2. The first-order valence-corrected chi connectivity index (χ1v) is 6.79. The molecule has 4 N–H and O–H groups in total. The normalized spacial score (nSPS) is 23.4. The van der Waals surface area contributed by atoms with Crippen LogP contribution in [0.3, 0.4) is 0 Å². The quantitative estimate of drug-likeness (QED) is 0.765. The number of anilines is 2. The smallest absolute Gasteiger partial charge is 0.242 e. The monoisotopic (exact) mass is 266 g/mol. The predicted octanol–water partition coefficient (Wildman–Crippen LogP) is 1.56. The van der Waals surface area contributed by atoms with E-state index >= 15 is 0 Å². The summed E-state index contributed by atoms with van der Waals surface area (Å²) in [7, 11) is 0. The molecule has 1 fully saturated rings. The van der Waals surface area contributed by atoms with Gasteiger partial charge in [0.25, 0.3) is 0 Å². The highest BCUT2D eigenvalue weighted by Gasteiger charge is 2.24. The van der Waals surface area contributed by atoms with E-state index < -0.39 is 0 Å². The van der Waals surface area contributed by atoms with Crippen LogP contribution in [0.15, 0.2) is 6.33 Å². The number of nitrogens with two attached hydrogens (primary N) is 1. The van der Waals surface area contributed by atoms with E-state index in [0.29, 0.717) is 17.4 Å². The number of hydrogen-bond acceptors (Lipinski definition) is 6. The van der Waals surface area contributed by atoms with Crippen molar-refractivity contribution in [1.82, 2.24) is 9.97 Å². The van der Waals surface area contributed by atoms with Gasteiger partial charge in [-0.2, -0.15) is 4.98 Å². The highest BCUT2D eigenvalue weighted by Crippen LogP contribution is 2.28. The number of nitrogens with zero attached hydrogens (tertiary/aromatic N) is 2. The number of aliphatic hydroxyl groups excluding tert-OH is 1. The summed E-state index contributed by atoms with van der Waals surface area (Å²) in [6, 6.07) is -0.00199. The molecule has 1 aliphatic carbocycles. The minimum Gasteiger partial charge on any atom is -0.473 e. The number of nitrogens with one attached hydrogen (secondary N) is 1. The molecule has 0 spiro atoms. The second kappa shape index (κ2) is 6.06. The summed E-state index contributed by atoms with van der Waals surface area (Å²) in [4.78, 5) is 8.17. The lowest BCUT2D eigenvalue weighted by molar-refractivity contribution is 0.116. The third-order valence-corrected chi connectivity index (χ3v) is 3.25. The van der Waals surface area contributed by atoms with Gasteiger partial charge in [-0.1, -0.05) is 12.8 Å².